The molecule has 1 fully saturated rings. The van der Waals surface area contributed by atoms with Crippen LogP contribution >= 0.6 is 11.6 Å². The first-order valence-corrected chi connectivity index (χ1v) is 12.5. The maximum atomic E-state index is 12.9. The molecule has 0 aliphatic carbocycles. The van der Waals surface area contributed by atoms with Gasteiger partial charge in [-0.1, -0.05) is 49.2 Å². The highest BCUT2D eigenvalue weighted by atomic mass is 35.5. The molecule has 2 aromatic rings. The number of benzene rings is 2. The van der Waals surface area contributed by atoms with Crippen LogP contribution in [0.15, 0.2) is 48.5 Å². The number of carbonyl (C=O) groups is 1. The zero-order chi connectivity index (χ0) is 21.6. The second kappa shape index (κ2) is 10.4. The Balaban J connectivity index is 1.60. The van der Waals surface area contributed by atoms with Crippen molar-refractivity contribution < 1.29 is 13.2 Å². The van der Waals surface area contributed by atoms with Crippen molar-refractivity contribution in [2.45, 2.75) is 44.8 Å². The number of aryl methyl sites for hydroxylation is 1. The standard InChI is InChI=1S/C23H29ClN2O3S/c1-2-3-6-18-10-12-22(13-11-18)25-23(27)20-8-5-14-26(16-20)30(28,29)17-19-7-4-9-21(24)15-19/h4,7,9-13,15,20H,2-3,5-6,8,14,16-17H2,1H3,(H,25,27)/t20-/m0/s1. The van der Waals surface area contributed by atoms with Crippen LogP contribution < -0.4 is 5.32 Å². The van der Waals surface area contributed by atoms with Crippen LogP contribution in [0, 0.1) is 5.92 Å². The summed E-state index contributed by atoms with van der Waals surface area (Å²) >= 11 is 5.97. The monoisotopic (exact) mass is 448 g/mol. The molecule has 1 amide bonds. The lowest BCUT2D eigenvalue weighted by Gasteiger charge is -2.31. The molecule has 0 unspecified atom stereocenters. The molecule has 0 bridgehead atoms. The maximum Gasteiger partial charge on any atom is 0.228 e. The van der Waals surface area contributed by atoms with E-state index in [4.69, 9.17) is 11.6 Å². The number of rotatable bonds is 8. The van der Waals surface area contributed by atoms with Gasteiger partial charge in [-0.3, -0.25) is 4.79 Å². The van der Waals surface area contributed by atoms with E-state index < -0.39 is 10.0 Å². The molecule has 5 nitrogen and oxygen atoms in total. The number of halogens is 1. The summed E-state index contributed by atoms with van der Waals surface area (Å²) in [5, 5.41) is 3.46. The Morgan fingerprint density at radius 1 is 1.17 bits per heavy atom. The average Bonchev–Trinajstić information content (AvgIpc) is 2.73. The van der Waals surface area contributed by atoms with Gasteiger partial charge < -0.3 is 5.32 Å². The summed E-state index contributed by atoms with van der Waals surface area (Å²) in [7, 11) is -3.51. The number of hydrogen-bond donors (Lipinski definition) is 1. The smallest absolute Gasteiger partial charge is 0.228 e. The number of anilines is 1. The second-order valence-corrected chi connectivity index (χ2v) is 10.3. The van der Waals surface area contributed by atoms with Crippen molar-refractivity contribution in [2.24, 2.45) is 5.92 Å². The Morgan fingerprint density at radius 3 is 2.63 bits per heavy atom. The van der Waals surface area contributed by atoms with Gasteiger partial charge in [0.1, 0.15) is 0 Å². The predicted molar refractivity (Wildman–Crippen MR) is 122 cm³/mol. The third kappa shape index (κ3) is 6.30. The molecular weight excluding hydrogens is 420 g/mol. The molecule has 2 aromatic carbocycles. The average molecular weight is 449 g/mol. The van der Waals surface area contributed by atoms with E-state index in [2.05, 4.69) is 12.2 Å². The van der Waals surface area contributed by atoms with Gasteiger partial charge in [0.15, 0.2) is 0 Å². The van der Waals surface area contributed by atoms with Gasteiger partial charge in [0, 0.05) is 23.8 Å². The van der Waals surface area contributed by atoms with Gasteiger partial charge in [0.25, 0.3) is 0 Å². The third-order valence-corrected chi connectivity index (χ3v) is 7.48. The fourth-order valence-corrected chi connectivity index (χ4v) is 5.53. The fourth-order valence-electron chi connectivity index (χ4n) is 3.72. The molecule has 1 N–H and O–H groups in total. The number of carbonyl (C=O) groups excluding carboxylic acids is 1. The lowest BCUT2D eigenvalue weighted by Crippen LogP contribution is -2.44. The van der Waals surface area contributed by atoms with Crippen molar-refractivity contribution in [2.75, 3.05) is 18.4 Å². The zero-order valence-corrected chi connectivity index (χ0v) is 18.9. The Hall–Kier alpha value is -1.89. The van der Waals surface area contributed by atoms with Crippen LogP contribution in [0.5, 0.6) is 0 Å². The fraction of sp³-hybridized carbons (Fsp3) is 0.435. The molecule has 1 aliphatic heterocycles. The van der Waals surface area contributed by atoms with Gasteiger partial charge in [-0.25, -0.2) is 12.7 Å². The predicted octanol–water partition coefficient (Wildman–Crippen LogP) is 4.86. The summed E-state index contributed by atoms with van der Waals surface area (Å²) < 4.78 is 27.2. The molecule has 0 saturated carbocycles. The molecule has 0 radical (unpaired) electrons. The Bertz CT molecular complexity index is 961. The number of hydrogen-bond acceptors (Lipinski definition) is 3. The van der Waals surface area contributed by atoms with Gasteiger partial charge in [0.05, 0.1) is 11.7 Å². The normalized spacial score (nSPS) is 17.6. The molecule has 162 valence electrons. The van der Waals surface area contributed by atoms with Gasteiger partial charge in [-0.15, -0.1) is 0 Å². The number of unbranched alkanes of at least 4 members (excludes halogenated alkanes) is 1. The van der Waals surface area contributed by atoms with Crippen LogP contribution in [0.4, 0.5) is 5.69 Å². The molecule has 0 aromatic heterocycles. The van der Waals surface area contributed by atoms with Crippen molar-refractivity contribution in [1.82, 2.24) is 4.31 Å². The summed E-state index contributed by atoms with van der Waals surface area (Å²) in [4.78, 5) is 12.7. The van der Waals surface area contributed by atoms with Crippen molar-refractivity contribution in [3.63, 3.8) is 0 Å². The van der Waals surface area contributed by atoms with Crippen molar-refractivity contribution >= 4 is 33.2 Å². The summed E-state index contributed by atoms with van der Waals surface area (Å²) in [5.41, 5.74) is 2.65. The molecule has 1 aliphatic rings. The van der Waals surface area contributed by atoms with Crippen molar-refractivity contribution in [3.8, 4) is 0 Å². The number of amides is 1. The van der Waals surface area contributed by atoms with Crippen molar-refractivity contribution in [1.29, 1.82) is 0 Å². The number of nitrogens with zero attached hydrogens (tertiary/aromatic N) is 1. The van der Waals surface area contributed by atoms with Crippen LogP contribution in [0.2, 0.25) is 5.02 Å². The summed E-state index contributed by atoms with van der Waals surface area (Å²) in [6.45, 7) is 2.82. The van der Waals surface area contributed by atoms with Gasteiger partial charge >= 0.3 is 0 Å². The summed E-state index contributed by atoms with van der Waals surface area (Å²) in [6, 6.07) is 14.8. The largest absolute Gasteiger partial charge is 0.326 e. The molecule has 1 heterocycles. The third-order valence-electron chi connectivity index (χ3n) is 5.43. The first-order valence-electron chi connectivity index (χ1n) is 10.5. The van der Waals surface area contributed by atoms with Gasteiger partial charge in [0.2, 0.25) is 15.9 Å². The minimum Gasteiger partial charge on any atom is -0.326 e. The Labute approximate surface area is 184 Å². The summed E-state index contributed by atoms with van der Waals surface area (Å²) in [6.07, 6.45) is 4.68. The van der Waals surface area contributed by atoms with Crippen LogP contribution in [-0.2, 0) is 27.0 Å². The quantitative estimate of drug-likeness (QED) is 0.626. The Kier molecular flexibility index (Phi) is 7.92. The van der Waals surface area contributed by atoms with Crippen LogP contribution in [0.1, 0.15) is 43.7 Å². The molecule has 1 atom stereocenters. The van der Waals surface area contributed by atoms with E-state index in [0.29, 0.717) is 30.0 Å². The lowest BCUT2D eigenvalue weighted by atomic mass is 9.98. The first-order chi connectivity index (χ1) is 14.4. The minimum atomic E-state index is -3.51. The number of sulfonamides is 1. The van der Waals surface area contributed by atoms with Crippen LogP contribution in [0.3, 0.4) is 0 Å². The van der Waals surface area contributed by atoms with Crippen LogP contribution in [-0.4, -0.2) is 31.7 Å². The van der Waals surface area contributed by atoms with Crippen LogP contribution in [0.25, 0.3) is 0 Å². The Morgan fingerprint density at radius 2 is 1.93 bits per heavy atom. The zero-order valence-electron chi connectivity index (χ0n) is 17.3. The van der Waals surface area contributed by atoms with E-state index in [0.717, 1.165) is 24.9 Å². The van der Waals surface area contributed by atoms with E-state index in [9.17, 15) is 13.2 Å². The van der Waals surface area contributed by atoms with Gasteiger partial charge in [-0.05, 0) is 61.1 Å². The molecule has 1 saturated heterocycles. The highest BCUT2D eigenvalue weighted by molar-refractivity contribution is 7.88. The second-order valence-electron chi connectivity index (χ2n) is 7.87. The molecule has 3 rings (SSSR count). The van der Waals surface area contributed by atoms with Crippen molar-refractivity contribution in [3.05, 3.63) is 64.7 Å². The van der Waals surface area contributed by atoms with E-state index in [-0.39, 0.29) is 24.1 Å². The number of piperidine rings is 1. The highest BCUT2D eigenvalue weighted by Crippen LogP contribution is 2.24. The number of nitrogens with one attached hydrogen (secondary N) is 1. The van der Waals surface area contributed by atoms with E-state index in [1.54, 1.807) is 24.3 Å². The molecule has 0 spiro atoms. The molecular formula is C23H29ClN2O3S. The first kappa shape index (κ1) is 22.8. The molecule has 7 heteroatoms. The van der Waals surface area contributed by atoms with E-state index in [1.165, 1.54) is 9.87 Å². The van der Waals surface area contributed by atoms with E-state index in [1.807, 2.05) is 24.3 Å². The van der Waals surface area contributed by atoms with Gasteiger partial charge in [-0.2, -0.15) is 0 Å². The minimum absolute atomic E-state index is 0.110. The highest BCUT2D eigenvalue weighted by Gasteiger charge is 2.32. The SMILES string of the molecule is CCCCc1ccc(NC(=O)[C@H]2CCCN(S(=O)(=O)Cc3cccc(Cl)c3)C2)cc1. The topological polar surface area (TPSA) is 66.5 Å². The molecule has 30 heavy (non-hydrogen) atoms. The van der Waals surface area contributed by atoms with E-state index >= 15 is 0 Å². The maximum absolute atomic E-state index is 12.9. The lowest BCUT2D eigenvalue weighted by molar-refractivity contribution is -0.120. The summed E-state index contributed by atoms with van der Waals surface area (Å²) in [5.74, 6) is -0.590.